The zero-order valence-electron chi connectivity index (χ0n) is 12.6. The van der Waals surface area contributed by atoms with Crippen molar-refractivity contribution in [2.45, 2.75) is 10.8 Å². The Kier molecular flexibility index (Phi) is 4.06. The largest absolute Gasteiger partial charge is 0.496 e. The second-order valence-electron chi connectivity index (χ2n) is 5.25. The highest BCUT2D eigenvalue weighted by molar-refractivity contribution is 7.99. The van der Waals surface area contributed by atoms with Crippen molar-refractivity contribution in [2.24, 2.45) is 0 Å². The zero-order valence-corrected chi connectivity index (χ0v) is 14.5. The molecule has 1 aliphatic heterocycles. The van der Waals surface area contributed by atoms with Crippen LogP contribution in [0, 0.1) is 0 Å². The molecule has 2 atom stereocenters. The minimum atomic E-state index is 0.498. The van der Waals surface area contributed by atoms with Gasteiger partial charge in [0, 0.05) is 11.4 Å². The Morgan fingerprint density at radius 2 is 1.87 bits per heavy atom. The molecule has 0 radical (unpaired) electrons. The van der Waals surface area contributed by atoms with Gasteiger partial charge in [-0.05, 0) is 26.4 Å². The van der Waals surface area contributed by atoms with Crippen LogP contribution >= 0.6 is 20.5 Å². The standard InChI is InChI=1S/C17H16N3OPS/c1-21-14-10-6-5-9-13(14)16-18-19-17-20(16)22-15(11-23-17)12-7-3-2-4-8-12/h2-10,15,22H,11H2,1H3. The Bertz CT molecular complexity index is 822. The lowest BCUT2D eigenvalue weighted by Crippen LogP contribution is -2.07. The molecule has 1 aliphatic rings. The van der Waals surface area contributed by atoms with E-state index >= 15 is 0 Å². The normalized spacial score (nSPS) is 17.9. The average Bonchev–Trinajstić information content (AvgIpc) is 3.05. The number of fused-ring (bicyclic) bond motifs is 1. The Labute approximate surface area is 141 Å². The number of hydrogen-bond donors (Lipinski definition) is 0. The molecule has 2 heterocycles. The fourth-order valence-electron chi connectivity index (χ4n) is 2.69. The molecule has 4 nitrogen and oxygen atoms in total. The number of para-hydroxylation sites is 1. The van der Waals surface area contributed by atoms with Gasteiger partial charge in [-0.15, -0.1) is 10.2 Å². The first kappa shape index (κ1) is 14.7. The lowest BCUT2D eigenvalue weighted by atomic mass is 10.2. The fourth-order valence-corrected chi connectivity index (χ4v) is 5.51. The van der Waals surface area contributed by atoms with E-state index < -0.39 is 0 Å². The summed E-state index contributed by atoms with van der Waals surface area (Å²) >= 11 is 1.78. The molecule has 0 fully saturated rings. The van der Waals surface area contributed by atoms with Crippen molar-refractivity contribution < 1.29 is 4.74 Å². The van der Waals surface area contributed by atoms with Gasteiger partial charge in [0.2, 0.25) is 0 Å². The van der Waals surface area contributed by atoms with Crippen molar-refractivity contribution in [3.63, 3.8) is 0 Å². The highest BCUT2D eigenvalue weighted by Gasteiger charge is 2.26. The van der Waals surface area contributed by atoms with Crippen LogP contribution in [0.15, 0.2) is 59.8 Å². The summed E-state index contributed by atoms with van der Waals surface area (Å²) in [5.74, 6) is 2.77. The highest BCUT2D eigenvalue weighted by Crippen LogP contribution is 2.48. The van der Waals surface area contributed by atoms with E-state index in [2.05, 4.69) is 44.9 Å². The van der Waals surface area contributed by atoms with Gasteiger partial charge in [-0.2, -0.15) is 0 Å². The lowest BCUT2D eigenvalue weighted by Gasteiger charge is -2.24. The summed E-state index contributed by atoms with van der Waals surface area (Å²) in [4.78, 5) is 0. The van der Waals surface area contributed by atoms with Crippen LogP contribution in [0.25, 0.3) is 11.4 Å². The summed E-state index contributed by atoms with van der Waals surface area (Å²) in [6.45, 7) is 0. The molecule has 116 valence electrons. The second kappa shape index (κ2) is 6.34. The van der Waals surface area contributed by atoms with Crippen LogP contribution in [0.5, 0.6) is 5.75 Å². The topological polar surface area (TPSA) is 39.9 Å². The average molecular weight is 341 g/mol. The smallest absolute Gasteiger partial charge is 0.194 e. The summed E-state index contributed by atoms with van der Waals surface area (Å²) < 4.78 is 7.73. The van der Waals surface area contributed by atoms with Gasteiger partial charge in [-0.3, -0.25) is 4.34 Å². The SMILES string of the molecule is COc1ccccc1-c1nnc2n1PC(c1ccccc1)CS2. The molecule has 2 unspecified atom stereocenters. The molecular formula is C17H16N3OPS. The second-order valence-corrected chi connectivity index (χ2v) is 7.63. The van der Waals surface area contributed by atoms with Crippen molar-refractivity contribution in [2.75, 3.05) is 12.9 Å². The first-order chi connectivity index (χ1) is 11.4. The maximum Gasteiger partial charge on any atom is 0.194 e. The zero-order chi connectivity index (χ0) is 15.6. The van der Waals surface area contributed by atoms with Gasteiger partial charge in [0.15, 0.2) is 11.0 Å². The van der Waals surface area contributed by atoms with Crippen LogP contribution in [-0.2, 0) is 0 Å². The third-order valence-corrected chi connectivity index (χ3v) is 6.86. The van der Waals surface area contributed by atoms with Crippen LogP contribution < -0.4 is 4.74 Å². The van der Waals surface area contributed by atoms with Gasteiger partial charge >= 0.3 is 0 Å². The van der Waals surface area contributed by atoms with Crippen LogP contribution in [-0.4, -0.2) is 27.4 Å². The molecule has 0 aliphatic carbocycles. The Hall–Kier alpha value is -1.84. The third kappa shape index (κ3) is 2.75. The van der Waals surface area contributed by atoms with Crippen molar-refractivity contribution >= 4 is 20.5 Å². The summed E-state index contributed by atoms with van der Waals surface area (Å²) in [7, 11) is 2.29. The number of thioether (sulfide) groups is 1. The van der Waals surface area contributed by atoms with Gasteiger partial charge < -0.3 is 4.74 Å². The number of hydrogen-bond acceptors (Lipinski definition) is 4. The van der Waals surface area contributed by atoms with E-state index in [1.54, 1.807) is 18.9 Å². The highest BCUT2D eigenvalue weighted by atomic mass is 32.2. The quantitative estimate of drug-likeness (QED) is 0.668. The van der Waals surface area contributed by atoms with Crippen molar-refractivity contribution in [3.8, 4) is 17.1 Å². The minimum Gasteiger partial charge on any atom is -0.496 e. The molecule has 0 saturated heterocycles. The van der Waals surface area contributed by atoms with Gasteiger partial charge in [0.1, 0.15) is 5.75 Å². The molecule has 4 rings (SSSR count). The van der Waals surface area contributed by atoms with E-state index in [1.165, 1.54) is 5.56 Å². The molecule has 2 aromatic carbocycles. The van der Waals surface area contributed by atoms with Crippen LogP contribution in [0.3, 0.4) is 0 Å². The Morgan fingerprint density at radius 1 is 1.09 bits per heavy atom. The van der Waals surface area contributed by atoms with Crippen LogP contribution in [0.2, 0.25) is 0 Å². The van der Waals surface area contributed by atoms with Crippen LogP contribution in [0.4, 0.5) is 0 Å². The molecule has 23 heavy (non-hydrogen) atoms. The third-order valence-electron chi connectivity index (χ3n) is 3.85. The van der Waals surface area contributed by atoms with E-state index in [-0.39, 0.29) is 0 Å². The maximum atomic E-state index is 5.49. The van der Waals surface area contributed by atoms with E-state index in [0.29, 0.717) is 14.4 Å². The molecule has 0 N–H and O–H groups in total. The number of benzene rings is 2. The molecule has 3 aromatic rings. The molecule has 0 amide bonds. The van der Waals surface area contributed by atoms with Crippen molar-refractivity contribution in [3.05, 3.63) is 60.2 Å². The molecule has 1 aromatic heterocycles. The van der Waals surface area contributed by atoms with E-state index in [4.69, 9.17) is 4.74 Å². The molecule has 0 bridgehead atoms. The van der Waals surface area contributed by atoms with Gasteiger partial charge in [-0.25, -0.2) is 0 Å². The summed E-state index contributed by atoms with van der Waals surface area (Å²) in [6, 6.07) is 18.7. The summed E-state index contributed by atoms with van der Waals surface area (Å²) in [5.41, 5.74) is 2.87. The Balaban J connectivity index is 1.73. The number of rotatable bonds is 3. The van der Waals surface area contributed by atoms with Crippen LogP contribution in [0.1, 0.15) is 11.2 Å². The molecule has 0 saturated carbocycles. The summed E-state index contributed by atoms with van der Waals surface area (Å²) in [6.07, 6.45) is 0. The Morgan fingerprint density at radius 3 is 2.70 bits per heavy atom. The predicted octanol–water partition coefficient (Wildman–Crippen LogP) is 4.24. The molecular weight excluding hydrogens is 325 g/mol. The predicted molar refractivity (Wildman–Crippen MR) is 95.6 cm³/mol. The van der Waals surface area contributed by atoms with Crippen molar-refractivity contribution in [1.29, 1.82) is 0 Å². The number of ether oxygens (including phenoxy) is 1. The minimum absolute atomic E-state index is 0.498. The number of methoxy groups -OCH3 is 1. The van der Waals surface area contributed by atoms with Gasteiger partial charge in [0.05, 0.1) is 12.7 Å². The monoisotopic (exact) mass is 341 g/mol. The maximum absolute atomic E-state index is 5.49. The fraction of sp³-hybridized carbons (Fsp3) is 0.176. The molecule has 6 heteroatoms. The summed E-state index contributed by atoms with van der Waals surface area (Å²) in [5, 5.41) is 9.78. The van der Waals surface area contributed by atoms with E-state index in [9.17, 15) is 0 Å². The first-order valence-electron chi connectivity index (χ1n) is 7.40. The first-order valence-corrected chi connectivity index (χ1v) is 9.41. The number of aromatic nitrogens is 3. The number of nitrogens with zero attached hydrogens (tertiary/aromatic N) is 3. The molecule has 0 spiro atoms. The van der Waals surface area contributed by atoms with Gasteiger partial charge in [0.25, 0.3) is 0 Å². The van der Waals surface area contributed by atoms with Gasteiger partial charge in [-0.1, -0.05) is 54.2 Å². The van der Waals surface area contributed by atoms with E-state index in [1.807, 2.05) is 24.3 Å². The van der Waals surface area contributed by atoms with E-state index in [0.717, 1.165) is 28.0 Å². The lowest BCUT2D eigenvalue weighted by molar-refractivity contribution is 0.416. The van der Waals surface area contributed by atoms with Crippen molar-refractivity contribution in [1.82, 2.24) is 14.5 Å².